The number of carbonyl (C=O) groups is 1. The van der Waals surface area contributed by atoms with E-state index in [9.17, 15) is 4.79 Å². The molecule has 0 spiro atoms. The van der Waals surface area contributed by atoms with E-state index in [0.29, 0.717) is 6.04 Å². The third-order valence-electron chi connectivity index (χ3n) is 5.24. The van der Waals surface area contributed by atoms with Gasteiger partial charge in [0, 0.05) is 61.8 Å². The molecule has 0 radical (unpaired) electrons. The molecule has 1 aromatic carbocycles. The molecule has 134 valence electrons. The van der Waals surface area contributed by atoms with Crippen LogP contribution in [0.1, 0.15) is 30.9 Å². The second kappa shape index (κ2) is 7.20. The van der Waals surface area contributed by atoms with E-state index in [2.05, 4.69) is 39.9 Å². The van der Waals surface area contributed by atoms with Crippen molar-refractivity contribution in [1.29, 1.82) is 0 Å². The SMILES string of the molecule is CC(=O)N1CCC(Nc2cc(-c3cccnc3)cc3c2CNC=C3)CC1. The second-order valence-electron chi connectivity index (χ2n) is 6.97. The molecule has 3 heterocycles. The number of likely N-dealkylation sites (tertiary alicyclic amines) is 1. The minimum absolute atomic E-state index is 0.175. The van der Waals surface area contributed by atoms with Crippen LogP contribution in [0.15, 0.2) is 42.9 Å². The lowest BCUT2D eigenvalue weighted by molar-refractivity contribution is -0.129. The van der Waals surface area contributed by atoms with Crippen molar-refractivity contribution in [1.82, 2.24) is 15.2 Å². The van der Waals surface area contributed by atoms with Crippen molar-refractivity contribution in [3.63, 3.8) is 0 Å². The molecule has 0 saturated carbocycles. The monoisotopic (exact) mass is 348 g/mol. The van der Waals surface area contributed by atoms with Gasteiger partial charge in [-0.1, -0.05) is 6.07 Å². The summed E-state index contributed by atoms with van der Waals surface area (Å²) in [5, 5.41) is 7.06. The number of amides is 1. The fraction of sp³-hybridized carbons (Fsp3) is 0.333. The maximum absolute atomic E-state index is 11.5. The van der Waals surface area contributed by atoms with Gasteiger partial charge in [0.05, 0.1) is 0 Å². The van der Waals surface area contributed by atoms with Crippen LogP contribution in [0.5, 0.6) is 0 Å². The van der Waals surface area contributed by atoms with E-state index in [-0.39, 0.29) is 5.91 Å². The first-order valence-corrected chi connectivity index (χ1v) is 9.20. The Morgan fingerprint density at radius 3 is 2.85 bits per heavy atom. The molecule has 4 rings (SSSR count). The van der Waals surface area contributed by atoms with E-state index in [1.54, 1.807) is 13.1 Å². The molecule has 2 N–H and O–H groups in total. The molecule has 0 bridgehead atoms. The van der Waals surface area contributed by atoms with Crippen molar-refractivity contribution in [2.45, 2.75) is 32.4 Å². The minimum Gasteiger partial charge on any atom is -0.387 e. The number of carbonyl (C=O) groups excluding carboxylic acids is 1. The molecule has 26 heavy (non-hydrogen) atoms. The molecular formula is C21H24N4O. The molecule has 0 unspecified atom stereocenters. The van der Waals surface area contributed by atoms with Gasteiger partial charge < -0.3 is 15.5 Å². The van der Waals surface area contributed by atoms with Crippen LogP contribution in [0, 0.1) is 0 Å². The summed E-state index contributed by atoms with van der Waals surface area (Å²) in [6, 6.07) is 8.91. The fourth-order valence-electron chi connectivity index (χ4n) is 3.74. The zero-order valence-corrected chi connectivity index (χ0v) is 15.0. The first kappa shape index (κ1) is 16.6. The van der Waals surface area contributed by atoms with Crippen LogP contribution in [-0.2, 0) is 11.3 Å². The van der Waals surface area contributed by atoms with Crippen molar-refractivity contribution in [2.24, 2.45) is 0 Å². The van der Waals surface area contributed by atoms with E-state index in [1.165, 1.54) is 22.4 Å². The number of anilines is 1. The molecule has 1 saturated heterocycles. The van der Waals surface area contributed by atoms with Crippen LogP contribution in [0.25, 0.3) is 17.2 Å². The predicted octanol–water partition coefficient (Wildman–Crippen LogP) is 3.25. The number of pyridine rings is 1. The summed E-state index contributed by atoms with van der Waals surface area (Å²) < 4.78 is 0. The van der Waals surface area contributed by atoms with Crippen LogP contribution >= 0.6 is 0 Å². The zero-order valence-electron chi connectivity index (χ0n) is 15.0. The lowest BCUT2D eigenvalue weighted by atomic mass is 9.95. The van der Waals surface area contributed by atoms with Gasteiger partial charge in [-0.25, -0.2) is 0 Å². The summed E-state index contributed by atoms with van der Waals surface area (Å²) in [5.41, 5.74) is 6.02. The fourth-order valence-corrected chi connectivity index (χ4v) is 3.74. The average Bonchev–Trinajstić information content (AvgIpc) is 2.69. The van der Waals surface area contributed by atoms with Gasteiger partial charge in [-0.2, -0.15) is 0 Å². The molecular weight excluding hydrogens is 324 g/mol. The Morgan fingerprint density at radius 1 is 1.27 bits per heavy atom. The minimum atomic E-state index is 0.175. The third-order valence-corrected chi connectivity index (χ3v) is 5.24. The van der Waals surface area contributed by atoms with Gasteiger partial charge in [-0.05, 0) is 54.4 Å². The van der Waals surface area contributed by atoms with Gasteiger partial charge in [0.25, 0.3) is 0 Å². The van der Waals surface area contributed by atoms with Crippen molar-refractivity contribution < 1.29 is 4.79 Å². The molecule has 2 aliphatic heterocycles. The summed E-state index contributed by atoms with van der Waals surface area (Å²) in [7, 11) is 0. The quantitative estimate of drug-likeness (QED) is 0.894. The van der Waals surface area contributed by atoms with Crippen LogP contribution < -0.4 is 10.6 Å². The lowest BCUT2D eigenvalue weighted by Crippen LogP contribution is -2.41. The van der Waals surface area contributed by atoms with E-state index in [1.807, 2.05) is 23.4 Å². The Labute approximate surface area is 154 Å². The van der Waals surface area contributed by atoms with Crippen molar-refractivity contribution >= 4 is 17.7 Å². The molecule has 0 atom stereocenters. The molecule has 2 aliphatic rings. The summed E-state index contributed by atoms with van der Waals surface area (Å²) in [5.74, 6) is 0.175. The highest BCUT2D eigenvalue weighted by atomic mass is 16.2. The first-order valence-electron chi connectivity index (χ1n) is 9.20. The maximum atomic E-state index is 11.5. The number of nitrogens with zero attached hydrogens (tertiary/aromatic N) is 2. The number of benzene rings is 1. The van der Waals surface area contributed by atoms with Crippen molar-refractivity contribution in [2.75, 3.05) is 18.4 Å². The Bertz CT molecular complexity index is 823. The summed E-state index contributed by atoms with van der Waals surface area (Å²) in [6.45, 7) is 4.14. The Morgan fingerprint density at radius 2 is 2.12 bits per heavy atom. The number of hydrogen-bond acceptors (Lipinski definition) is 4. The van der Waals surface area contributed by atoms with Gasteiger partial charge in [0.1, 0.15) is 0 Å². The van der Waals surface area contributed by atoms with E-state index in [0.717, 1.165) is 38.0 Å². The number of nitrogens with one attached hydrogen (secondary N) is 2. The van der Waals surface area contributed by atoms with Crippen LogP contribution in [-0.4, -0.2) is 34.9 Å². The number of rotatable bonds is 3. The van der Waals surface area contributed by atoms with Crippen LogP contribution in [0.4, 0.5) is 5.69 Å². The average molecular weight is 348 g/mol. The van der Waals surface area contributed by atoms with Crippen LogP contribution in [0.3, 0.4) is 0 Å². The summed E-state index contributed by atoms with van der Waals surface area (Å²) in [6.07, 6.45) is 9.80. The molecule has 1 aromatic heterocycles. The lowest BCUT2D eigenvalue weighted by Gasteiger charge is -2.33. The maximum Gasteiger partial charge on any atom is 0.219 e. The van der Waals surface area contributed by atoms with Crippen molar-refractivity contribution in [3.8, 4) is 11.1 Å². The molecule has 5 nitrogen and oxygen atoms in total. The standard InChI is InChI=1S/C21H24N4O/c1-15(26)25-9-5-19(6-10-25)24-21-12-18(17-3-2-7-22-13-17)11-16-4-8-23-14-20(16)21/h2-4,7-8,11-13,19,23-24H,5-6,9-10,14H2,1H3. The van der Waals surface area contributed by atoms with Gasteiger partial charge in [0.2, 0.25) is 5.91 Å². The molecule has 1 fully saturated rings. The number of fused-ring (bicyclic) bond motifs is 1. The smallest absolute Gasteiger partial charge is 0.219 e. The normalized spacial score (nSPS) is 16.7. The largest absolute Gasteiger partial charge is 0.387 e. The van der Waals surface area contributed by atoms with Crippen LogP contribution in [0.2, 0.25) is 0 Å². The van der Waals surface area contributed by atoms with E-state index in [4.69, 9.17) is 0 Å². The van der Waals surface area contributed by atoms with Crippen molar-refractivity contribution in [3.05, 3.63) is 54.0 Å². The Balaban J connectivity index is 1.61. The van der Waals surface area contributed by atoms with E-state index >= 15 is 0 Å². The summed E-state index contributed by atoms with van der Waals surface area (Å²) >= 11 is 0. The highest BCUT2D eigenvalue weighted by Crippen LogP contribution is 2.32. The van der Waals surface area contributed by atoms with Gasteiger partial charge in [0.15, 0.2) is 0 Å². The van der Waals surface area contributed by atoms with Gasteiger partial charge in [-0.15, -0.1) is 0 Å². The van der Waals surface area contributed by atoms with E-state index < -0.39 is 0 Å². The van der Waals surface area contributed by atoms with Gasteiger partial charge >= 0.3 is 0 Å². The number of aromatic nitrogens is 1. The molecule has 2 aromatic rings. The number of hydrogen-bond donors (Lipinski definition) is 2. The third kappa shape index (κ3) is 3.43. The second-order valence-corrected chi connectivity index (χ2v) is 6.97. The topological polar surface area (TPSA) is 57.3 Å². The predicted molar refractivity (Wildman–Crippen MR) is 104 cm³/mol. The Hall–Kier alpha value is -2.82. The first-order chi connectivity index (χ1) is 12.7. The molecule has 0 aliphatic carbocycles. The molecule has 5 heteroatoms. The highest BCUT2D eigenvalue weighted by Gasteiger charge is 2.22. The van der Waals surface area contributed by atoms with Gasteiger partial charge in [-0.3, -0.25) is 9.78 Å². The Kier molecular flexibility index (Phi) is 4.61. The number of piperidine rings is 1. The molecule has 1 amide bonds. The highest BCUT2D eigenvalue weighted by molar-refractivity contribution is 5.77. The summed E-state index contributed by atoms with van der Waals surface area (Å²) in [4.78, 5) is 17.7. The zero-order chi connectivity index (χ0) is 17.9.